The van der Waals surface area contributed by atoms with Gasteiger partial charge in [-0.05, 0) is 19.1 Å². The number of rotatable bonds is 1. The molecule has 3 aromatic heterocycles. The largest absolute Gasteiger partial charge is 0.494 e. The summed E-state index contributed by atoms with van der Waals surface area (Å²) in [7, 11) is 1.71. The van der Waals surface area contributed by atoms with E-state index in [2.05, 4.69) is 63.5 Å². The number of benzene rings is 3. The number of para-hydroxylation sites is 2. The van der Waals surface area contributed by atoms with Gasteiger partial charge in [0.1, 0.15) is 12.3 Å². The summed E-state index contributed by atoms with van der Waals surface area (Å²) >= 11 is 0. The predicted octanol–water partition coefficient (Wildman–Crippen LogP) is 5.04. The van der Waals surface area contributed by atoms with Gasteiger partial charge in [-0.25, -0.2) is 0 Å². The first-order chi connectivity index (χ1) is 16.5. The Kier molecular flexibility index (Phi) is 3.29. The Bertz CT molecular complexity index is 1830. The second-order valence-corrected chi connectivity index (χ2v) is 9.80. The van der Waals surface area contributed by atoms with Gasteiger partial charge in [0.2, 0.25) is 0 Å². The van der Waals surface area contributed by atoms with Crippen molar-refractivity contribution in [2.45, 2.75) is 37.4 Å². The third kappa shape index (κ3) is 1.90. The fourth-order valence-electron chi connectivity index (χ4n) is 6.98. The molecule has 1 saturated heterocycles. The summed E-state index contributed by atoms with van der Waals surface area (Å²) in [5, 5.41) is 17.2. The van der Waals surface area contributed by atoms with Crippen LogP contribution in [0.4, 0.5) is 0 Å². The molecule has 0 spiro atoms. The molecule has 4 N–H and O–H groups in total. The summed E-state index contributed by atoms with van der Waals surface area (Å²) in [6.07, 6.45) is 1.95. The summed E-state index contributed by atoms with van der Waals surface area (Å²) in [6.45, 7) is 2.10. The highest BCUT2D eigenvalue weighted by Crippen LogP contribution is 2.54. The van der Waals surface area contributed by atoms with Crippen LogP contribution in [-0.2, 0) is 15.2 Å². The zero-order chi connectivity index (χ0) is 22.9. The van der Waals surface area contributed by atoms with Crippen LogP contribution >= 0.6 is 0 Å². The van der Waals surface area contributed by atoms with Crippen molar-refractivity contribution in [3.05, 3.63) is 54.7 Å². The summed E-state index contributed by atoms with van der Waals surface area (Å²) in [6, 6.07) is 16.5. The quantitative estimate of drug-likeness (QED) is 0.326. The SMILES string of the molecule is CO[C@H]1[C@@H](N)C[C@@H]2O[C@@]1(C)n1c3ccccc3c3c4c[nH]c(O)c4c4c5ccccc5n2c4c31. The molecule has 7 nitrogen and oxygen atoms in total. The van der Waals surface area contributed by atoms with Crippen molar-refractivity contribution >= 4 is 54.4 Å². The molecule has 2 bridgehead atoms. The van der Waals surface area contributed by atoms with Gasteiger partial charge in [-0.15, -0.1) is 0 Å². The molecule has 4 atom stereocenters. The van der Waals surface area contributed by atoms with Crippen molar-refractivity contribution in [2.75, 3.05) is 7.11 Å². The van der Waals surface area contributed by atoms with Gasteiger partial charge in [0.05, 0.1) is 27.5 Å². The lowest BCUT2D eigenvalue weighted by molar-refractivity contribution is -0.252. The Morgan fingerprint density at radius 1 is 1.00 bits per heavy atom. The van der Waals surface area contributed by atoms with Gasteiger partial charge in [-0.2, -0.15) is 0 Å². The van der Waals surface area contributed by atoms with Crippen LogP contribution in [0, 0.1) is 0 Å². The Hall–Kier alpha value is -3.52. The Morgan fingerprint density at radius 2 is 1.71 bits per heavy atom. The molecular weight excluding hydrogens is 428 g/mol. The van der Waals surface area contributed by atoms with E-state index in [-0.39, 0.29) is 24.3 Å². The summed E-state index contributed by atoms with van der Waals surface area (Å²) in [4.78, 5) is 3.09. The molecule has 0 amide bonds. The fraction of sp³-hybridized carbons (Fsp3) is 0.259. The summed E-state index contributed by atoms with van der Waals surface area (Å²) in [5.41, 5.74) is 10.2. The van der Waals surface area contributed by atoms with Crippen LogP contribution < -0.4 is 5.73 Å². The predicted molar refractivity (Wildman–Crippen MR) is 133 cm³/mol. The van der Waals surface area contributed by atoms with Gasteiger partial charge in [-0.3, -0.25) is 0 Å². The zero-order valence-electron chi connectivity index (χ0n) is 18.9. The van der Waals surface area contributed by atoms with Crippen LogP contribution in [0.1, 0.15) is 19.6 Å². The number of H-pyrrole nitrogens is 1. The molecule has 0 saturated carbocycles. The fourth-order valence-corrected chi connectivity index (χ4v) is 6.98. The van der Waals surface area contributed by atoms with E-state index in [1.807, 2.05) is 12.3 Å². The van der Waals surface area contributed by atoms with E-state index in [4.69, 9.17) is 15.2 Å². The molecule has 0 unspecified atom stereocenters. The first kappa shape index (κ1) is 18.9. The average Bonchev–Trinajstić information content (AvgIpc) is 3.46. The van der Waals surface area contributed by atoms with Crippen LogP contribution in [0.15, 0.2) is 54.7 Å². The Labute approximate surface area is 194 Å². The minimum atomic E-state index is -0.822. The molecule has 8 rings (SSSR count). The van der Waals surface area contributed by atoms with Crippen molar-refractivity contribution in [1.82, 2.24) is 14.1 Å². The van der Waals surface area contributed by atoms with Crippen LogP contribution in [0.3, 0.4) is 0 Å². The highest BCUT2D eigenvalue weighted by Gasteiger charge is 2.52. The van der Waals surface area contributed by atoms with Gasteiger partial charge in [0.25, 0.3) is 0 Å². The van der Waals surface area contributed by atoms with Crippen molar-refractivity contribution in [1.29, 1.82) is 0 Å². The van der Waals surface area contributed by atoms with E-state index in [1.54, 1.807) is 7.11 Å². The summed E-state index contributed by atoms with van der Waals surface area (Å²) < 4.78 is 17.6. The molecule has 5 heterocycles. The van der Waals surface area contributed by atoms with Gasteiger partial charge in [0, 0.05) is 52.7 Å². The van der Waals surface area contributed by atoms with Crippen molar-refractivity contribution in [3.63, 3.8) is 0 Å². The molecule has 0 radical (unpaired) electrons. The normalized spacial score (nSPS) is 26.5. The number of hydrogen-bond donors (Lipinski definition) is 3. The van der Waals surface area contributed by atoms with Crippen LogP contribution in [0.25, 0.3) is 54.4 Å². The number of fused-ring (bicyclic) bond motifs is 13. The lowest BCUT2D eigenvalue weighted by atomic mass is 9.93. The van der Waals surface area contributed by atoms with E-state index in [1.165, 1.54) is 0 Å². The first-order valence-corrected chi connectivity index (χ1v) is 11.7. The highest BCUT2D eigenvalue weighted by molar-refractivity contribution is 6.36. The number of nitrogens with one attached hydrogen (secondary N) is 1. The maximum absolute atomic E-state index is 11.0. The first-order valence-electron chi connectivity index (χ1n) is 11.7. The van der Waals surface area contributed by atoms with Crippen LogP contribution in [-0.4, -0.2) is 38.5 Å². The number of ether oxygens (including phenoxy) is 2. The number of hydrogen-bond acceptors (Lipinski definition) is 4. The van der Waals surface area contributed by atoms with E-state index < -0.39 is 5.72 Å². The van der Waals surface area contributed by atoms with Crippen molar-refractivity contribution in [2.24, 2.45) is 5.73 Å². The second kappa shape index (κ2) is 5.93. The molecule has 7 heteroatoms. The third-order valence-corrected chi connectivity index (χ3v) is 8.14. The highest BCUT2D eigenvalue weighted by atomic mass is 16.6. The average molecular weight is 453 g/mol. The maximum Gasteiger partial charge on any atom is 0.197 e. The maximum atomic E-state index is 11.0. The van der Waals surface area contributed by atoms with E-state index >= 15 is 0 Å². The molecule has 2 aliphatic rings. The molecule has 6 aromatic rings. The number of nitrogens with two attached hydrogens (primary N) is 1. The van der Waals surface area contributed by atoms with Gasteiger partial charge >= 0.3 is 0 Å². The monoisotopic (exact) mass is 452 g/mol. The Morgan fingerprint density at radius 3 is 2.47 bits per heavy atom. The minimum absolute atomic E-state index is 0.183. The number of aromatic hydroxyl groups is 1. The number of nitrogens with zero attached hydrogens (tertiary/aromatic N) is 2. The van der Waals surface area contributed by atoms with Crippen LogP contribution in [0.5, 0.6) is 5.88 Å². The second-order valence-electron chi connectivity index (χ2n) is 9.80. The number of methoxy groups -OCH3 is 1. The summed E-state index contributed by atoms with van der Waals surface area (Å²) in [5.74, 6) is 0.183. The standard InChI is InChI=1S/C27H24N4O3/c1-27-25(33-2)16(28)11-19(34-27)30-17-9-5-3-7-13(17)21-22-15(12-29-26(22)32)20-14-8-4-6-10-18(14)31(27)24(20)23(21)30/h3-10,12,16,19,25,29,32H,11,28H2,1-2H3/t16-,19-,25-,27+/m0/s1. The molecule has 0 aliphatic carbocycles. The van der Waals surface area contributed by atoms with E-state index in [0.29, 0.717) is 6.42 Å². The smallest absolute Gasteiger partial charge is 0.197 e. The molecule has 34 heavy (non-hydrogen) atoms. The molecular formula is C27H24N4O3. The van der Waals surface area contributed by atoms with Crippen molar-refractivity contribution in [3.8, 4) is 5.88 Å². The van der Waals surface area contributed by atoms with Gasteiger partial charge in [0.15, 0.2) is 11.6 Å². The molecule has 1 fully saturated rings. The van der Waals surface area contributed by atoms with E-state index in [0.717, 1.165) is 54.4 Å². The minimum Gasteiger partial charge on any atom is -0.494 e. The Balaban J connectivity index is 1.78. The van der Waals surface area contributed by atoms with Gasteiger partial charge in [-0.1, -0.05) is 36.4 Å². The van der Waals surface area contributed by atoms with Crippen molar-refractivity contribution < 1.29 is 14.6 Å². The topological polar surface area (TPSA) is 90.4 Å². The molecule has 3 aromatic carbocycles. The lowest BCUT2D eigenvalue weighted by Crippen LogP contribution is -2.59. The third-order valence-electron chi connectivity index (χ3n) is 8.14. The zero-order valence-corrected chi connectivity index (χ0v) is 18.9. The van der Waals surface area contributed by atoms with Gasteiger partial charge < -0.3 is 34.4 Å². The van der Waals surface area contributed by atoms with Crippen LogP contribution in [0.2, 0.25) is 0 Å². The molecule has 2 aliphatic heterocycles. The van der Waals surface area contributed by atoms with E-state index in [9.17, 15) is 5.11 Å². The molecule has 170 valence electrons. The lowest BCUT2D eigenvalue weighted by Gasteiger charge is -2.47. The number of aromatic nitrogens is 3. The number of aromatic amines is 1.